The summed E-state index contributed by atoms with van der Waals surface area (Å²) in [6.45, 7) is 0.612. The molecule has 0 atom stereocenters. The Balaban J connectivity index is 2.53. The lowest BCUT2D eigenvalue weighted by Crippen LogP contribution is -2.18. The first-order valence-corrected chi connectivity index (χ1v) is 7.00. The number of amides is 1. The topological polar surface area (TPSA) is 101 Å². The number of carbonyl (C=O) groups is 1. The van der Waals surface area contributed by atoms with E-state index in [2.05, 4.69) is 10.0 Å². The zero-order chi connectivity index (χ0) is 13.6. The smallest absolute Gasteiger partial charge is 0.240 e. The summed E-state index contributed by atoms with van der Waals surface area (Å²) in [4.78, 5) is 10.7. The molecule has 100 valence electrons. The van der Waals surface area contributed by atoms with Crippen LogP contribution in [-0.4, -0.2) is 27.9 Å². The van der Waals surface area contributed by atoms with Crippen LogP contribution in [-0.2, 0) is 14.8 Å². The lowest BCUT2D eigenvalue weighted by atomic mass is 10.2. The van der Waals surface area contributed by atoms with Crippen LogP contribution in [0.4, 0.5) is 5.69 Å². The van der Waals surface area contributed by atoms with Crippen molar-refractivity contribution in [1.29, 1.82) is 0 Å². The molecule has 1 rings (SSSR count). The zero-order valence-corrected chi connectivity index (χ0v) is 11.0. The Morgan fingerprint density at radius 3 is 2.39 bits per heavy atom. The second kappa shape index (κ2) is 6.36. The van der Waals surface area contributed by atoms with Gasteiger partial charge in [0.2, 0.25) is 15.9 Å². The second-order valence-electron chi connectivity index (χ2n) is 3.73. The summed E-state index contributed by atoms with van der Waals surface area (Å²) in [6.07, 6.45) is 0.977. The van der Waals surface area contributed by atoms with E-state index in [4.69, 9.17) is 5.73 Å². The van der Waals surface area contributed by atoms with Crippen LogP contribution in [0.15, 0.2) is 29.2 Å². The van der Waals surface area contributed by atoms with Crippen LogP contribution in [0.5, 0.6) is 0 Å². The molecule has 4 N–H and O–H groups in total. The molecule has 0 heterocycles. The van der Waals surface area contributed by atoms with E-state index < -0.39 is 10.0 Å². The average molecular weight is 271 g/mol. The lowest BCUT2D eigenvalue weighted by molar-refractivity contribution is -0.118. The minimum atomic E-state index is -3.39. The number of primary amides is 1. The van der Waals surface area contributed by atoms with Crippen LogP contribution in [0.25, 0.3) is 0 Å². The number of carbonyl (C=O) groups excluding carboxylic acids is 1. The highest BCUT2D eigenvalue weighted by atomic mass is 32.2. The van der Waals surface area contributed by atoms with Gasteiger partial charge in [-0.1, -0.05) is 0 Å². The SMILES string of the molecule is CNS(=O)(=O)c1ccc(NCCCC(N)=O)cc1. The number of benzene rings is 1. The van der Waals surface area contributed by atoms with Gasteiger partial charge < -0.3 is 11.1 Å². The number of hydrogen-bond acceptors (Lipinski definition) is 4. The number of hydrogen-bond donors (Lipinski definition) is 3. The van der Waals surface area contributed by atoms with Crippen molar-refractivity contribution in [2.24, 2.45) is 5.73 Å². The lowest BCUT2D eigenvalue weighted by Gasteiger charge is -2.07. The van der Waals surface area contributed by atoms with E-state index in [1.165, 1.54) is 19.2 Å². The van der Waals surface area contributed by atoms with Gasteiger partial charge in [0.15, 0.2) is 0 Å². The molecule has 0 aromatic heterocycles. The third-order valence-electron chi connectivity index (χ3n) is 2.36. The van der Waals surface area contributed by atoms with Crippen LogP contribution in [0, 0.1) is 0 Å². The Hall–Kier alpha value is -1.60. The monoisotopic (exact) mass is 271 g/mol. The number of nitrogens with one attached hydrogen (secondary N) is 2. The van der Waals surface area contributed by atoms with Crippen molar-refractivity contribution < 1.29 is 13.2 Å². The van der Waals surface area contributed by atoms with E-state index in [1.54, 1.807) is 12.1 Å². The van der Waals surface area contributed by atoms with E-state index in [-0.39, 0.29) is 10.8 Å². The summed E-state index contributed by atoms with van der Waals surface area (Å²) in [7, 11) is -2.02. The third kappa shape index (κ3) is 4.34. The number of nitrogens with two attached hydrogens (primary N) is 1. The maximum absolute atomic E-state index is 11.5. The van der Waals surface area contributed by atoms with Crippen molar-refractivity contribution in [2.45, 2.75) is 17.7 Å². The molecule has 0 aliphatic heterocycles. The quantitative estimate of drug-likeness (QED) is 0.620. The van der Waals surface area contributed by atoms with Gasteiger partial charge in [0.05, 0.1) is 4.90 Å². The molecule has 18 heavy (non-hydrogen) atoms. The second-order valence-corrected chi connectivity index (χ2v) is 5.62. The van der Waals surface area contributed by atoms with Gasteiger partial charge >= 0.3 is 0 Å². The maximum Gasteiger partial charge on any atom is 0.240 e. The molecule has 0 unspecified atom stereocenters. The zero-order valence-electron chi connectivity index (χ0n) is 10.1. The summed E-state index contributed by atoms with van der Waals surface area (Å²) in [5.41, 5.74) is 5.82. The van der Waals surface area contributed by atoms with Gasteiger partial charge in [0, 0.05) is 18.7 Å². The van der Waals surface area contributed by atoms with Crippen molar-refractivity contribution in [2.75, 3.05) is 18.9 Å². The molecule has 1 aromatic rings. The first-order valence-electron chi connectivity index (χ1n) is 5.51. The van der Waals surface area contributed by atoms with Crippen molar-refractivity contribution >= 4 is 21.6 Å². The van der Waals surface area contributed by atoms with Crippen molar-refractivity contribution in [3.63, 3.8) is 0 Å². The van der Waals surface area contributed by atoms with Crippen LogP contribution >= 0.6 is 0 Å². The highest BCUT2D eigenvalue weighted by molar-refractivity contribution is 7.89. The molecule has 1 aromatic carbocycles. The third-order valence-corrected chi connectivity index (χ3v) is 3.79. The highest BCUT2D eigenvalue weighted by Crippen LogP contribution is 2.13. The Bertz CT molecular complexity index is 497. The van der Waals surface area contributed by atoms with E-state index in [1.807, 2.05) is 0 Å². The molecule has 1 amide bonds. The van der Waals surface area contributed by atoms with E-state index in [0.29, 0.717) is 19.4 Å². The molecule has 7 heteroatoms. The van der Waals surface area contributed by atoms with Crippen LogP contribution in [0.1, 0.15) is 12.8 Å². The minimum absolute atomic E-state index is 0.215. The fourth-order valence-corrected chi connectivity index (χ4v) is 2.10. The first kappa shape index (κ1) is 14.5. The standard InChI is InChI=1S/C11H17N3O3S/c1-13-18(16,17)10-6-4-9(5-7-10)14-8-2-3-11(12)15/h4-7,13-14H,2-3,8H2,1H3,(H2,12,15). The highest BCUT2D eigenvalue weighted by Gasteiger charge is 2.09. The van der Waals surface area contributed by atoms with E-state index in [0.717, 1.165) is 5.69 Å². The molecular formula is C11H17N3O3S. The molecule has 0 aliphatic carbocycles. The summed E-state index contributed by atoms with van der Waals surface area (Å²) in [5, 5.41) is 3.07. The number of sulfonamides is 1. The summed E-state index contributed by atoms with van der Waals surface area (Å²) >= 11 is 0. The van der Waals surface area contributed by atoms with Gasteiger partial charge in [-0.2, -0.15) is 0 Å². The van der Waals surface area contributed by atoms with Crippen molar-refractivity contribution in [3.05, 3.63) is 24.3 Å². The van der Waals surface area contributed by atoms with Gasteiger partial charge in [-0.15, -0.1) is 0 Å². The largest absolute Gasteiger partial charge is 0.385 e. The average Bonchev–Trinajstić information content (AvgIpc) is 2.35. The molecule has 0 aliphatic rings. The van der Waals surface area contributed by atoms with Crippen LogP contribution < -0.4 is 15.8 Å². The van der Waals surface area contributed by atoms with Crippen LogP contribution in [0.2, 0.25) is 0 Å². The Kier molecular flexibility index (Phi) is 5.11. The first-order chi connectivity index (χ1) is 8.45. The molecule has 6 nitrogen and oxygen atoms in total. The summed E-state index contributed by atoms with van der Waals surface area (Å²) < 4.78 is 25.2. The maximum atomic E-state index is 11.5. The molecule has 0 saturated heterocycles. The van der Waals surface area contributed by atoms with Gasteiger partial charge in [0.1, 0.15) is 0 Å². The molecular weight excluding hydrogens is 254 g/mol. The molecule has 0 bridgehead atoms. The Labute approximate surface area is 107 Å². The van der Waals surface area contributed by atoms with E-state index in [9.17, 15) is 13.2 Å². The molecule has 0 spiro atoms. The van der Waals surface area contributed by atoms with E-state index >= 15 is 0 Å². The predicted molar refractivity (Wildman–Crippen MR) is 69.6 cm³/mol. The Morgan fingerprint density at radius 2 is 1.89 bits per heavy atom. The van der Waals surface area contributed by atoms with Crippen molar-refractivity contribution in [3.8, 4) is 0 Å². The van der Waals surface area contributed by atoms with Crippen molar-refractivity contribution in [1.82, 2.24) is 4.72 Å². The summed E-state index contributed by atoms with van der Waals surface area (Å²) in [6, 6.07) is 6.38. The fourth-order valence-electron chi connectivity index (χ4n) is 1.37. The van der Waals surface area contributed by atoms with Gasteiger partial charge in [-0.05, 0) is 37.7 Å². The molecule has 0 radical (unpaired) electrons. The number of rotatable bonds is 7. The Morgan fingerprint density at radius 1 is 1.28 bits per heavy atom. The summed E-state index contributed by atoms with van der Waals surface area (Å²) in [5.74, 6) is -0.327. The fraction of sp³-hybridized carbons (Fsp3) is 0.364. The van der Waals surface area contributed by atoms with Gasteiger partial charge in [-0.25, -0.2) is 13.1 Å². The van der Waals surface area contributed by atoms with Crippen LogP contribution in [0.3, 0.4) is 0 Å². The minimum Gasteiger partial charge on any atom is -0.385 e. The molecule has 0 saturated carbocycles. The normalized spacial score (nSPS) is 11.2. The van der Waals surface area contributed by atoms with Gasteiger partial charge in [-0.3, -0.25) is 4.79 Å². The number of anilines is 1. The van der Waals surface area contributed by atoms with Gasteiger partial charge in [0.25, 0.3) is 0 Å². The molecule has 0 fully saturated rings. The predicted octanol–water partition coefficient (Wildman–Crippen LogP) is 0.272.